The number of amides is 2. The summed E-state index contributed by atoms with van der Waals surface area (Å²) in [5, 5.41) is 9.38. The van der Waals surface area contributed by atoms with Crippen LogP contribution in [-0.4, -0.2) is 16.9 Å². The van der Waals surface area contributed by atoms with E-state index in [1.807, 2.05) is 48.5 Å². The number of aryl methyl sites for hydroxylation is 2. The van der Waals surface area contributed by atoms with Crippen LogP contribution < -0.4 is 16.0 Å². The van der Waals surface area contributed by atoms with Crippen LogP contribution in [0.2, 0.25) is 5.02 Å². The molecule has 0 atom stereocenters. The Balaban J connectivity index is 1.40. The second kappa shape index (κ2) is 12.0. The van der Waals surface area contributed by atoms with Crippen LogP contribution in [-0.2, 0) is 22.4 Å². The van der Waals surface area contributed by atoms with Gasteiger partial charge in [-0.3, -0.25) is 9.59 Å². The fourth-order valence-electron chi connectivity index (χ4n) is 3.06. The summed E-state index contributed by atoms with van der Waals surface area (Å²) in [6.07, 6.45) is 1.91. The van der Waals surface area contributed by atoms with Gasteiger partial charge in [0.25, 0.3) is 0 Å². The SMILES string of the molecule is O=C(CCc1ccccc1Cl)NC(=S)Nc1ccc(NC(=O)CCc2ccccc2)cc1. The molecule has 0 radical (unpaired) electrons. The van der Waals surface area contributed by atoms with Crippen molar-refractivity contribution in [2.75, 3.05) is 10.6 Å². The summed E-state index contributed by atoms with van der Waals surface area (Å²) in [7, 11) is 0. The van der Waals surface area contributed by atoms with Gasteiger partial charge in [0.2, 0.25) is 11.8 Å². The minimum absolute atomic E-state index is 0.0455. The molecular formula is C25H24ClN3O2S. The van der Waals surface area contributed by atoms with Crippen LogP contribution in [0.5, 0.6) is 0 Å². The lowest BCUT2D eigenvalue weighted by atomic mass is 10.1. The van der Waals surface area contributed by atoms with Gasteiger partial charge in [-0.05, 0) is 66.5 Å². The Morgan fingerprint density at radius 2 is 1.31 bits per heavy atom. The van der Waals surface area contributed by atoms with Crippen molar-refractivity contribution in [1.29, 1.82) is 0 Å². The fraction of sp³-hybridized carbons (Fsp3) is 0.160. The van der Waals surface area contributed by atoms with E-state index >= 15 is 0 Å². The molecule has 3 N–H and O–H groups in total. The highest BCUT2D eigenvalue weighted by Crippen LogP contribution is 2.17. The van der Waals surface area contributed by atoms with Gasteiger partial charge in [-0.1, -0.05) is 60.1 Å². The highest BCUT2D eigenvalue weighted by atomic mass is 35.5. The third-order valence-corrected chi connectivity index (χ3v) is 5.32. The largest absolute Gasteiger partial charge is 0.332 e. The molecule has 0 aliphatic heterocycles. The molecule has 3 aromatic rings. The number of hydrogen-bond acceptors (Lipinski definition) is 3. The quantitative estimate of drug-likeness (QED) is 0.392. The first-order valence-corrected chi connectivity index (χ1v) is 11.1. The molecule has 164 valence electrons. The Morgan fingerprint density at radius 1 is 0.719 bits per heavy atom. The maximum Gasteiger partial charge on any atom is 0.226 e. The Hall–Kier alpha value is -3.22. The van der Waals surface area contributed by atoms with Crippen LogP contribution in [0.4, 0.5) is 11.4 Å². The Kier molecular flexibility index (Phi) is 8.78. The zero-order valence-corrected chi connectivity index (χ0v) is 19.0. The Labute approximate surface area is 198 Å². The third kappa shape index (κ3) is 7.80. The average Bonchev–Trinajstić information content (AvgIpc) is 2.79. The molecule has 0 unspecified atom stereocenters. The van der Waals surface area contributed by atoms with Crippen LogP contribution in [0.3, 0.4) is 0 Å². The Morgan fingerprint density at radius 3 is 2.00 bits per heavy atom. The summed E-state index contributed by atoms with van der Waals surface area (Å²) in [6.45, 7) is 0. The number of nitrogens with one attached hydrogen (secondary N) is 3. The molecule has 0 aromatic heterocycles. The van der Waals surface area contributed by atoms with Crippen molar-refractivity contribution >= 4 is 52.1 Å². The molecule has 3 rings (SSSR count). The fourth-order valence-corrected chi connectivity index (χ4v) is 3.53. The number of halogens is 1. The van der Waals surface area contributed by atoms with E-state index in [1.165, 1.54) is 0 Å². The minimum Gasteiger partial charge on any atom is -0.332 e. The standard InChI is InChI=1S/C25H24ClN3O2S/c26-22-9-5-4-8-19(22)11-17-24(31)29-25(32)28-21-14-12-20(13-15-21)27-23(30)16-10-18-6-2-1-3-7-18/h1-9,12-15H,10-11,16-17H2,(H,27,30)(H2,28,29,31,32). The molecule has 0 bridgehead atoms. The number of anilines is 2. The van der Waals surface area contributed by atoms with Gasteiger partial charge < -0.3 is 16.0 Å². The summed E-state index contributed by atoms with van der Waals surface area (Å²) >= 11 is 11.3. The summed E-state index contributed by atoms with van der Waals surface area (Å²) in [5.74, 6) is -0.236. The van der Waals surface area contributed by atoms with E-state index in [0.29, 0.717) is 35.7 Å². The Bertz CT molecular complexity index is 1070. The molecule has 2 amide bonds. The second-order valence-corrected chi connectivity index (χ2v) is 8.02. The second-order valence-electron chi connectivity index (χ2n) is 7.20. The van der Waals surface area contributed by atoms with Gasteiger partial charge in [0.05, 0.1) is 0 Å². The van der Waals surface area contributed by atoms with E-state index in [0.717, 1.165) is 11.1 Å². The molecule has 0 saturated heterocycles. The number of benzene rings is 3. The zero-order valence-electron chi connectivity index (χ0n) is 17.4. The normalized spacial score (nSPS) is 10.3. The molecule has 0 heterocycles. The minimum atomic E-state index is -0.190. The number of rotatable bonds is 8. The number of carbonyl (C=O) groups excluding carboxylic acids is 2. The van der Waals surface area contributed by atoms with Gasteiger partial charge in [0, 0.05) is 29.2 Å². The van der Waals surface area contributed by atoms with Crippen molar-refractivity contribution in [3.63, 3.8) is 0 Å². The van der Waals surface area contributed by atoms with Crippen molar-refractivity contribution in [2.45, 2.75) is 25.7 Å². The van der Waals surface area contributed by atoms with Crippen LogP contribution in [0.15, 0.2) is 78.9 Å². The summed E-state index contributed by atoms with van der Waals surface area (Å²) in [6, 6.07) is 24.5. The molecule has 32 heavy (non-hydrogen) atoms. The van der Waals surface area contributed by atoms with Crippen molar-refractivity contribution in [3.8, 4) is 0 Å². The van der Waals surface area contributed by atoms with Crippen LogP contribution in [0.25, 0.3) is 0 Å². The van der Waals surface area contributed by atoms with Crippen molar-refractivity contribution < 1.29 is 9.59 Å². The van der Waals surface area contributed by atoms with Gasteiger partial charge >= 0.3 is 0 Å². The maximum absolute atomic E-state index is 12.2. The smallest absolute Gasteiger partial charge is 0.226 e. The van der Waals surface area contributed by atoms with Gasteiger partial charge in [0.1, 0.15) is 0 Å². The van der Waals surface area contributed by atoms with Crippen molar-refractivity contribution in [3.05, 3.63) is 95.0 Å². The first-order chi connectivity index (χ1) is 15.5. The molecule has 3 aromatic carbocycles. The zero-order chi connectivity index (χ0) is 22.8. The van der Waals surface area contributed by atoms with Gasteiger partial charge in [0.15, 0.2) is 5.11 Å². The predicted octanol–water partition coefficient (Wildman–Crippen LogP) is 5.36. The van der Waals surface area contributed by atoms with E-state index in [-0.39, 0.29) is 23.3 Å². The monoisotopic (exact) mass is 465 g/mol. The van der Waals surface area contributed by atoms with E-state index < -0.39 is 0 Å². The van der Waals surface area contributed by atoms with Crippen molar-refractivity contribution in [1.82, 2.24) is 5.32 Å². The first-order valence-electron chi connectivity index (χ1n) is 10.3. The highest BCUT2D eigenvalue weighted by molar-refractivity contribution is 7.80. The molecule has 0 spiro atoms. The summed E-state index contributed by atoms with van der Waals surface area (Å²) in [4.78, 5) is 24.3. The number of thiocarbonyl (C=S) groups is 1. The maximum atomic E-state index is 12.2. The number of carbonyl (C=O) groups is 2. The van der Waals surface area contributed by atoms with Gasteiger partial charge in [-0.25, -0.2) is 0 Å². The third-order valence-electron chi connectivity index (χ3n) is 4.74. The molecule has 7 heteroatoms. The van der Waals surface area contributed by atoms with Crippen LogP contribution in [0, 0.1) is 0 Å². The molecule has 0 fully saturated rings. The van der Waals surface area contributed by atoms with E-state index in [1.54, 1.807) is 30.3 Å². The molecule has 5 nitrogen and oxygen atoms in total. The van der Waals surface area contributed by atoms with Gasteiger partial charge in [-0.2, -0.15) is 0 Å². The van der Waals surface area contributed by atoms with E-state index in [4.69, 9.17) is 23.8 Å². The van der Waals surface area contributed by atoms with E-state index in [9.17, 15) is 9.59 Å². The lowest BCUT2D eigenvalue weighted by Crippen LogP contribution is -2.34. The molecule has 0 aliphatic carbocycles. The molecule has 0 aliphatic rings. The average molecular weight is 466 g/mol. The van der Waals surface area contributed by atoms with E-state index in [2.05, 4.69) is 16.0 Å². The lowest BCUT2D eigenvalue weighted by Gasteiger charge is -2.11. The summed E-state index contributed by atoms with van der Waals surface area (Å²) < 4.78 is 0. The molecule has 0 saturated carbocycles. The number of hydrogen-bond donors (Lipinski definition) is 3. The molecular weight excluding hydrogens is 442 g/mol. The summed E-state index contributed by atoms with van der Waals surface area (Å²) in [5.41, 5.74) is 3.46. The predicted molar refractivity (Wildman–Crippen MR) is 134 cm³/mol. The van der Waals surface area contributed by atoms with Gasteiger partial charge in [-0.15, -0.1) is 0 Å². The first kappa shape index (κ1) is 23.4. The topological polar surface area (TPSA) is 70.2 Å². The van der Waals surface area contributed by atoms with Crippen molar-refractivity contribution in [2.24, 2.45) is 0 Å². The van der Waals surface area contributed by atoms with Crippen LogP contribution >= 0.6 is 23.8 Å². The lowest BCUT2D eigenvalue weighted by molar-refractivity contribution is -0.119. The highest BCUT2D eigenvalue weighted by Gasteiger charge is 2.08. The van der Waals surface area contributed by atoms with Crippen LogP contribution in [0.1, 0.15) is 24.0 Å².